The first-order valence-electron chi connectivity index (χ1n) is 4.46. The second-order valence-electron chi connectivity index (χ2n) is 2.97. The standard InChI is InChI=1S/C8H14BrNO3.BrH/c9-7-8(11)13-6-3-10-1-4-12-5-2-10;/h1-7H2;1H. The summed E-state index contributed by atoms with van der Waals surface area (Å²) in [5, 5.41) is 0.283. The fraction of sp³-hybridized carbons (Fsp3) is 0.875. The Morgan fingerprint density at radius 3 is 2.64 bits per heavy atom. The van der Waals surface area contributed by atoms with Gasteiger partial charge in [-0.3, -0.25) is 4.79 Å². The van der Waals surface area contributed by atoms with Crippen LogP contribution in [0, 0.1) is 0 Å². The predicted molar refractivity (Wildman–Crippen MR) is 51.1 cm³/mol. The van der Waals surface area contributed by atoms with Crippen LogP contribution in [0.4, 0.5) is 0 Å². The highest BCUT2D eigenvalue weighted by Gasteiger charge is 2.13. The second kappa shape index (κ2) is 8.64. The smallest absolute Gasteiger partial charge is 0.316 e. The zero-order valence-corrected chi connectivity index (χ0v) is 11.1. The van der Waals surface area contributed by atoms with Crippen LogP contribution in [-0.2, 0) is 14.3 Å². The van der Waals surface area contributed by atoms with Crippen molar-refractivity contribution in [3.8, 4) is 0 Å². The van der Waals surface area contributed by atoms with Crippen molar-refractivity contribution >= 4 is 21.9 Å². The summed E-state index contributed by atoms with van der Waals surface area (Å²) < 4.78 is 10.2. The third kappa shape index (κ3) is 5.95. The summed E-state index contributed by atoms with van der Waals surface area (Å²) in [6, 6.07) is 0. The lowest BCUT2D eigenvalue weighted by Crippen LogP contribution is -3.14. The molecule has 0 radical (unpaired) electrons. The van der Waals surface area contributed by atoms with Gasteiger partial charge in [0.1, 0.15) is 31.6 Å². The summed E-state index contributed by atoms with van der Waals surface area (Å²) in [5.41, 5.74) is 0. The fourth-order valence-corrected chi connectivity index (χ4v) is 1.42. The van der Waals surface area contributed by atoms with Crippen LogP contribution in [0.15, 0.2) is 0 Å². The van der Waals surface area contributed by atoms with Gasteiger partial charge in [-0.2, -0.15) is 0 Å². The topological polar surface area (TPSA) is 40.0 Å². The summed E-state index contributed by atoms with van der Waals surface area (Å²) in [6.07, 6.45) is 0. The maximum absolute atomic E-state index is 10.8. The third-order valence-electron chi connectivity index (χ3n) is 2.03. The van der Waals surface area contributed by atoms with Crippen LogP contribution >= 0.6 is 15.9 Å². The molecule has 0 aromatic carbocycles. The van der Waals surface area contributed by atoms with E-state index in [0.717, 1.165) is 32.8 Å². The molecule has 1 rings (SSSR count). The van der Waals surface area contributed by atoms with E-state index in [1.54, 1.807) is 0 Å². The van der Waals surface area contributed by atoms with Gasteiger partial charge in [0.25, 0.3) is 0 Å². The predicted octanol–water partition coefficient (Wildman–Crippen LogP) is -4.16. The van der Waals surface area contributed by atoms with E-state index in [0.29, 0.717) is 6.61 Å². The van der Waals surface area contributed by atoms with E-state index in [1.165, 1.54) is 4.90 Å². The summed E-state index contributed by atoms with van der Waals surface area (Å²) in [7, 11) is 0. The third-order valence-corrected chi connectivity index (χ3v) is 2.49. The molecule has 1 fully saturated rings. The van der Waals surface area contributed by atoms with Crippen LogP contribution in [0.3, 0.4) is 0 Å². The molecule has 1 N–H and O–H groups in total. The minimum absolute atomic E-state index is 0. The zero-order chi connectivity index (χ0) is 9.52. The quantitative estimate of drug-likeness (QED) is 0.420. The van der Waals surface area contributed by atoms with E-state index in [2.05, 4.69) is 15.9 Å². The molecule has 0 spiro atoms. The molecule has 6 heteroatoms. The second-order valence-corrected chi connectivity index (χ2v) is 3.53. The largest absolute Gasteiger partial charge is 1.00 e. The van der Waals surface area contributed by atoms with Gasteiger partial charge >= 0.3 is 5.97 Å². The molecule has 0 aromatic heterocycles. The van der Waals surface area contributed by atoms with Gasteiger partial charge < -0.3 is 31.4 Å². The molecule has 0 atom stereocenters. The molecule has 84 valence electrons. The highest BCUT2D eigenvalue weighted by molar-refractivity contribution is 9.09. The highest BCUT2D eigenvalue weighted by atomic mass is 79.9. The molecule has 1 aliphatic heterocycles. The molecule has 4 nitrogen and oxygen atoms in total. The van der Waals surface area contributed by atoms with Gasteiger partial charge in [-0.1, -0.05) is 15.9 Å². The molecule has 0 aromatic rings. The highest BCUT2D eigenvalue weighted by Crippen LogP contribution is 1.83. The first-order chi connectivity index (χ1) is 6.33. The lowest BCUT2D eigenvalue weighted by Gasteiger charge is -2.23. The molecule has 0 saturated carbocycles. The van der Waals surface area contributed by atoms with Gasteiger partial charge in [0.05, 0.1) is 13.2 Å². The number of hydrogen-bond donors (Lipinski definition) is 1. The normalized spacial score (nSPS) is 17.2. The van der Waals surface area contributed by atoms with Crippen LogP contribution in [0.25, 0.3) is 0 Å². The van der Waals surface area contributed by atoms with E-state index < -0.39 is 0 Å². The number of carbonyl (C=O) groups excluding carboxylic acids is 1. The Kier molecular flexibility index (Phi) is 8.86. The molecule has 0 unspecified atom stereocenters. The summed E-state index contributed by atoms with van der Waals surface area (Å²) >= 11 is 3.04. The average Bonchev–Trinajstić information content (AvgIpc) is 2.19. The van der Waals surface area contributed by atoms with Crippen molar-refractivity contribution in [3.05, 3.63) is 0 Å². The van der Waals surface area contributed by atoms with Crippen LogP contribution in [0.5, 0.6) is 0 Å². The lowest BCUT2D eigenvalue weighted by atomic mass is 10.4. The Hall–Kier alpha value is 0.350. The molecular formula is C8H15Br2NO3. The number of alkyl halides is 1. The van der Waals surface area contributed by atoms with Crippen LogP contribution in [0.1, 0.15) is 0 Å². The Labute approximate surface area is 103 Å². The minimum atomic E-state index is -0.187. The first-order valence-corrected chi connectivity index (χ1v) is 5.58. The number of halogens is 2. The van der Waals surface area contributed by atoms with Gasteiger partial charge in [-0.25, -0.2) is 0 Å². The van der Waals surface area contributed by atoms with E-state index in [9.17, 15) is 4.79 Å². The van der Waals surface area contributed by atoms with Crippen molar-refractivity contribution < 1.29 is 36.1 Å². The van der Waals surface area contributed by atoms with Crippen LogP contribution in [-0.4, -0.2) is 50.8 Å². The van der Waals surface area contributed by atoms with Crippen molar-refractivity contribution in [2.24, 2.45) is 0 Å². The first kappa shape index (κ1) is 14.3. The van der Waals surface area contributed by atoms with Gasteiger partial charge in [0.15, 0.2) is 0 Å². The van der Waals surface area contributed by atoms with E-state index in [-0.39, 0.29) is 28.3 Å². The molecule has 0 aliphatic carbocycles. The van der Waals surface area contributed by atoms with Crippen LogP contribution < -0.4 is 21.9 Å². The van der Waals surface area contributed by atoms with Crippen molar-refractivity contribution in [2.45, 2.75) is 0 Å². The number of carbonyl (C=O) groups is 1. The summed E-state index contributed by atoms with van der Waals surface area (Å²) in [6.45, 7) is 5.09. The summed E-state index contributed by atoms with van der Waals surface area (Å²) in [5.74, 6) is -0.187. The average molecular weight is 333 g/mol. The number of hydrogen-bond acceptors (Lipinski definition) is 3. The Balaban J connectivity index is 0.00000169. The molecular weight excluding hydrogens is 318 g/mol. The SMILES string of the molecule is O=C(CBr)OCC[NH+]1CCOCC1.[Br-]. The number of quaternary nitrogens is 1. The molecule has 0 amide bonds. The Morgan fingerprint density at radius 2 is 2.07 bits per heavy atom. The van der Waals surface area contributed by atoms with Crippen molar-refractivity contribution in [1.82, 2.24) is 0 Å². The number of morpholine rings is 1. The van der Waals surface area contributed by atoms with Gasteiger partial charge in [-0.05, 0) is 0 Å². The van der Waals surface area contributed by atoms with Crippen molar-refractivity contribution in [2.75, 3.05) is 44.8 Å². The molecule has 14 heavy (non-hydrogen) atoms. The van der Waals surface area contributed by atoms with Crippen molar-refractivity contribution in [3.63, 3.8) is 0 Å². The van der Waals surface area contributed by atoms with Crippen molar-refractivity contribution in [1.29, 1.82) is 0 Å². The van der Waals surface area contributed by atoms with Gasteiger partial charge in [0, 0.05) is 0 Å². The maximum Gasteiger partial charge on any atom is 0.316 e. The number of nitrogens with one attached hydrogen (secondary N) is 1. The number of ether oxygens (including phenoxy) is 2. The summed E-state index contributed by atoms with van der Waals surface area (Å²) in [4.78, 5) is 12.2. The fourth-order valence-electron chi connectivity index (χ4n) is 1.26. The van der Waals surface area contributed by atoms with E-state index in [4.69, 9.17) is 9.47 Å². The molecule has 0 bridgehead atoms. The number of esters is 1. The minimum Gasteiger partial charge on any atom is -1.00 e. The molecule has 1 aliphatic rings. The van der Waals surface area contributed by atoms with Gasteiger partial charge in [0.2, 0.25) is 0 Å². The Morgan fingerprint density at radius 1 is 1.43 bits per heavy atom. The van der Waals surface area contributed by atoms with E-state index >= 15 is 0 Å². The zero-order valence-electron chi connectivity index (χ0n) is 7.93. The molecule has 1 saturated heterocycles. The van der Waals surface area contributed by atoms with Gasteiger partial charge in [-0.15, -0.1) is 0 Å². The number of rotatable bonds is 4. The Bertz CT molecular complexity index is 163. The van der Waals surface area contributed by atoms with E-state index in [1.807, 2.05) is 0 Å². The lowest BCUT2D eigenvalue weighted by molar-refractivity contribution is -0.908. The molecule has 1 heterocycles. The maximum atomic E-state index is 10.8. The van der Waals surface area contributed by atoms with Crippen LogP contribution in [0.2, 0.25) is 0 Å². The monoisotopic (exact) mass is 331 g/mol.